The molecular weight excluding hydrogens is 288 g/mol. The number of nitrogens with one attached hydrogen (secondary N) is 2. The first kappa shape index (κ1) is 13.7. The van der Waals surface area contributed by atoms with Crippen LogP contribution in [0.1, 0.15) is 23.2 Å². The lowest BCUT2D eigenvalue weighted by molar-refractivity contribution is 0.102. The number of pyridine rings is 2. The average Bonchev–Trinajstić information content (AvgIpc) is 3.39. The summed E-state index contributed by atoms with van der Waals surface area (Å²) in [4.78, 5) is 20.9. The van der Waals surface area contributed by atoms with Gasteiger partial charge in [-0.1, -0.05) is 18.2 Å². The molecule has 1 aliphatic rings. The summed E-state index contributed by atoms with van der Waals surface area (Å²) in [5.74, 6) is 0.629. The fraction of sp³-hybridized carbons (Fsp3) is 0.167. The number of anilines is 2. The van der Waals surface area contributed by atoms with Crippen LogP contribution in [0.5, 0.6) is 0 Å². The van der Waals surface area contributed by atoms with E-state index in [9.17, 15) is 4.79 Å². The highest BCUT2D eigenvalue weighted by Crippen LogP contribution is 2.23. The van der Waals surface area contributed by atoms with E-state index in [1.165, 1.54) is 12.8 Å². The van der Waals surface area contributed by atoms with Crippen molar-refractivity contribution in [2.75, 3.05) is 10.6 Å². The summed E-state index contributed by atoms with van der Waals surface area (Å²) < 4.78 is 0. The van der Waals surface area contributed by atoms with E-state index >= 15 is 0 Å². The van der Waals surface area contributed by atoms with Crippen molar-refractivity contribution in [2.24, 2.45) is 0 Å². The van der Waals surface area contributed by atoms with E-state index in [2.05, 4.69) is 20.6 Å². The minimum atomic E-state index is -0.187. The molecule has 0 bridgehead atoms. The first-order valence-corrected chi connectivity index (χ1v) is 7.67. The van der Waals surface area contributed by atoms with Gasteiger partial charge in [0.1, 0.15) is 5.82 Å². The predicted octanol–water partition coefficient (Wildman–Crippen LogP) is 3.46. The molecule has 3 aromatic rings. The van der Waals surface area contributed by atoms with Crippen molar-refractivity contribution in [1.82, 2.24) is 9.97 Å². The molecule has 1 fully saturated rings. The lowest BCUT2D eigenvalue weighted by Crippen LogP contribution is -2.13. The van der Waals surface area contributed by atoms with Crippen molar-refractivity contribution in [3.05, 3.63) is 60.4 Å². The molecule has 0 aliphatic heterocycles. The van der Waals surface area contributed by atoms with Crippen LogP contribution >= 0.6 is 0 Å². The third-order valence-corrected chi connectivity index (χ3v) is 3.80. The Bertz CT molecular complexity index is 856. The summed E-state index contributed by atoms with van der Waals surface area (Å²) in [5, 5.41) is 7.15. The highest BCUT2D eigenvalue weighted by molar-refractivity contribution is 6.04. The van der Waals surface area contributed by atoms with E-state index in [0.29, 0.717) is 17.3 Å². The summed E-state index contributed by atoms with van der Waals surface area (Å²) in [6.07, 6.45) is 5.64. The van der Waals surface area contributed by atoms with Crippen LogP contribution in [-0.4, -0.2) is 21.9 Å². The highest BCUT2D eigenvalue weighted by atomic mass is 16.1. The summed E-state index contributed by atoms with van der Waals surface area (Å²) >= 11 is 0. The van der Waals surface area contributed by atoms with E-state index in [1.54, 1.807) is 18.5 Å². The molecule has 1 saturated carbocycles. The Morgan fingerprint density at radius 1 is 1.04 bits per heavy atom. The lowest BCUT2D eigenvalue weighted by atomic mass is 10.2. The number of amides is 1. The SMILES string of the molecule is O=C(Nc1cnc2ccccc2c1)c1ccc(NC2CC2)nc1. The molecule has 1 aromatic carbocycles. The third kappa shape index (κ3) is 3.13. The topological polar surface area (TPSA) is 66.9 Å². The normalized spacial score (nSPS) is 13.7. The second-order valence-electron chi connectivity index (χ2n) is 5.72. The number of hydrogen-bond acceptors (Lipinski definition) is 4. The Kier molecular flexibility index (Phi) is 3.38. The number of hydrogen-bond donors (Lipinski definition) is 2. The molecule has 1 aliphatic carbocycles. The minimum absolute atomic E-state index is 0.187. The van der Waals surface area contributed by atoms with Gasteiger partial charge in [0, 0.05) is 17.6 Å². The monoisotopic (exact) mass is 304 g/mol. The number of nitrogens with zero attached hydrogens (tertiary/aromatic N) is 2. The molecule has 0 radical (unpaired) electrons. The Morgan fingerprint density at radius 3 is 2.70 bits per heavy atom. The minimum Gasteiger partial charge on any atom is -0.367 e. The second kappa shape index (κ2) is 5.68. The zero-order valence-electron chi connectivity index (χ0n) is 12.5. The highest BCUT2D eigenvalue weighted by Gasteiger charge is 2.21. The zero-order chi connectivity index (χ0) is 15.6. The third-order valence-electron chi connectivity index (χ3n) is 3.80. The average molecular weight is 304 g/mol. The van der Waals surface area contributed by atoms with E-state index in [4.69, 9.17) is 0 Å². The standard InChI is InChI=1S/C18H16N4O/c23-18(13-5-8-17(20-10-13)21-14-6-7-14)22-15-9-12-3-1-2-4-16(12)19-11-15/h1-5,8-11,14H,6-7H2,(H,20,21)(H,22,23). The van der Waals surface area contributed by atoms with Crippen LogP contribution in [0.2, 0.25) is 0 Å². The number of benzene rings is 1. The summed E-state index contributed by atoms with van der Waals surface area (Å²) in [6.45, 7) is 0. The molecule has 0 spiro atoms. The molecule has 114 valence electrons. The van der Waals surface area contributed by atoms with Gasteiger partial charge in [0.05, 0.1) is 23.0 Å². The van der Waals surface area contributed by atoms with Gasteiger partial charge in [-0.3, -0.25) is 9.78 Å². The van der Waals surface area contributed by atoms with E-state index < -0.39 is 0 Å². The van der Waals surface area contributed by atoms with E-state index in [1.807, 2.05) is 36.4 Å². The molecule has 0 unspecified atom stereocenters. The molecular formula is C18H16N4O. The van der Waals surface area contributed by atoms with Crippen LogP contribution < -0.4 is 10.6 Å². The van der Waals surface area contributed by atoms with E-state index in [-0.39, 0.29) is 5.91 Å². The van der Waals surface area contributed by atoms with Gasteiger partial charge in [0.15, 0.2) is 0 Å². The van der Waals surface area contributed by atoms with Gasteiger partial charge in [0.25, 0.3) is 5.91 Å². The first-order chi connectivity index (χ1) is 11.3. The zero-order valence-corrected chi connectivity index (χ0v) is 12.5. The molecule has 2 heterocycles. The van der Waals surface area contributed by atoms with Gasteiger partial charge in [-0.2, -0.15) is 0 Å². The Labute approximate surface area is 133 Å². The number of fused-ring (bicyclic) bond motifs is 1. The quantitative estimate of drug-likeness (QED) is 0.774. The number of para-hydroxylation sites is 1. The maximum Gasteiger partial charge on any atom is 0.257 e. The van der Waals surface area contributed by atoms with Crippen molar-refractivity contribution in [1.29, 1.82) is 0 Å². The van der Waals surface area contributed by atoms with Crippen molar-refractivity contribution in [3.63, 3.8) is 0 Å². The molecule has 23 heavy (non-hydrogen) atoms. The second-order valence-corrected chi connectivity index (χ2v) is 5.72. The van der Waals surface area contributed by atoms with Crippen molar-refractivity contribution >= 4 is 28.3 Å². The molecule has 0 saturated heterocycles. The van der Waals surface area contributed by atoms with Gasteiger partial charge in [-0.05, 0) is 37.1 Å². The van der Waals surface area contributed by atoms with Gasteiger partial charge < -0.3 is 10.6 Å². The van der Waals surface area contributed by atoms with E-state index in [0.717, 1.165) is 16.7 Å². The van der Waals surface area contributed by atoms with Crippen LogP contribution in [0.3, 0.4) is 0 Å². The van der Waals surface area contributed by atoms with Crippen LogP contribution in [-0.2, 0) is 0 Å². The molecule has 2 N–H and O–H groups in total. The van der Waals surface area contributed by atoms with Gasteiger partial charge in [-0.25, -0.2) is 4.98 Å². The molecule has 0 atom stereocenters. The maximum atomic E-state index is 12.3. The molecule has 5 heteroatoms. The predicted molar refractivity (Wildman–Crippen MR) is 90.6 cm³/mol. The lowest BCUT2D eigenvalue weighted by Gasteiger charge is -2.07. The number of rotatable bonds is 4. The maximum absolute atomic E-state index is 12.3. The number of carbonyl (C=O) groups is 1. The molecule has 5 nitrogen and oxygen atoms in total. The summed E-state index contributed by atoms with van der Waals surface area (Å²) in [7, 11) is 0. The molecule has 4 rings (SSSR count). The number of aromatic nitrogens is 2. The Morgan fingerprint density at radius 2 is 1.91 bits per heavy atom. The van der Waals surface area contributed by atoms with Gasteiger partial charge in [0.2, 0.25) is 0 Å². The van der Waals surface area contributed by atoms with Gasteiger partial charge in [-0.15, -0.1) is 0 Å². The Balaban J connectivity index is 1.49. The molecule has 2 aromatic heterocycles. The smallest absolute Gasteiger partial charge is 0.257 e. The fourth-order valence-electron chi connectivity index (χ4n) is 2.39. The molecule has 1 amide bonds. The Hall–Kier alpha value is -2.95. The largest absolute Gasteiger partial charge is 0.367 e. The fourth-order valence-corrected chi connectivity index (χ4v) is 2.39. The van der Waals surface area contributed by atoms with Crippen LogP contribution in [0.15, 0.2) is 54.9 Å². The van der Waals surface area contributed by atoms with Crippen molar-refractivity contribution < 1.29 is 4.79 Å². The van der Waals surface area contributed by atoms with Crippen LogP contribution in [0, 0.1) is 0 Å². The van der Waals surface area contributed by atoms with Crippen LogP contribution in [0.4, 0.5) is 11.5 Å². The van der Waals surface area contributed by atoms with Crippen LogP contribution in [0.25, 0.3) is 10.9 Å². The van der Waals surface area contributed by atoms with Crippen molar-refractivity contribution in [2.45, 2.75) is 18.9 Å². The first-order valence-electron chi connectivity index (χ1n) is 7.67. The number of carbonyl (C=O) groups excluding carboxylic acids is 1. The van der Waals surface area contributed by atoms with Gasteiger partial charge >= 0.3 is 0 Å². The van der Waals surface area contributed by atoms with Crippen molar-refractivity contribution in [3.8, 4) is 0 Å². The summed E-state index contributed by atoms with van der Waals surface area (Å²) in [5.41, 5.74) is 2.11. The summed E-state index contributed by atoms with van der Waals surface area (Å²) in [6, 6.07) is 13.9.